The van der Waals surface area contributed by atoms with Crippen molar-refractivity contribution < 1.29 is 22.9 Å². The Bertz CT molecular complexity index is 523. The van der Waals surface area contributed by atoms with Crippen molar-refractivity contribution in [2.24, 2.45) is 0 Å². The summed E-state index contributed by atoms with van der Waals surface area (Å²) in [5, 5.41) is 2.47. The summed E-state index contributed by atoms with van der Waals surface area (Å²) in [5.41, 5.74) is -0.966. The molecule has 128 valence electrons. The van der Waals surface area contributed by atoms with Gasteiger partial charge in [-0.3, -0.25) is 4.79 Å². The molecular weight excluding hydrogens is 305 g/mol. The predicted octanol–water partition coefficient (Wildman–Crippen LogP) is 2.88. The van der Waals surface area contributed by atoms with Crippen LogP contribution >= 0.6 is 0 Å². The van der Waals surface area contributed by atoms with Crippen LogP contribution in [0.3, 0.4) is 0 Å². The molecule has 1 atom stereocenters. The van der Waals surface area contributed by atoms with Crippen LogP contribution in [0.15, 0.2) is 24.3 Å². The van der Waals surface area contributed by atoms with Crippen LogP contribution < -0.4 is 10.2 Å². The van der Waals surface area contributed by atoms with Crippen LogP contribution in [0.5, 0.6) is 0 Å². The van der Waals surface area contributed by atoms with Crippen LogP contribution in [-0.4, -0.2) is 25.0 Å². The van der Waals surface area contributed by atoms with Gasteiger partial charge in [0.1, 0.15) is 0 Å². The Kier molecular flexibility index (Phi) is 6.04. The van der Waals surface area contributed by atoms with Crippen LogP contribution in [0.2, 0.25) is 0 Å². The zero-order valence-electron chi connectivity index (χ0n) is 13.4. The first-order chi connectivity index (χ1) is 10.9. The average molecular weight is 329 g/mol. The van der Waals surface area contributed by atoms with Crippen molar-refractivity contribution in [3.05, 3.63) is 29.8 Å². The molecule has 0 unspecified atom stereocenters. The van der Waals surface area contributed by atoms with Gasteiger partial charge in [0.25, 0.3) is 5.91 Å². The summed E-state index contributed by atoms with van der Waals surface area (Å²) in [4.78, 5) is 13.5. The number of halogens is 3. The number of hydrogen-bond acceptors (Lipinski definition) is 1. The van der Waals surface area contributed by atoms with E-state index in [1.807, 2.05) is 0 Å². The number of nitrogens with one attached hydrogen (secondary N) is 2. The lowest BCUT2D eigenvalue weighted by Crippen LogP contribution is -3.16. The molecule has 1 amide bonds. The predicted molar refractivity (Wildman–Crippen MR) is 83.3 cm³/mol. The quantitative estimate of drug-likeness (QED) is 0.878. The number of carbonyl (C=O) groups is 1. The van der Waals surface area contributed by atoms with Crippen LogP contribution in [0.4, 0.5) is 18.9 Å². The van der Waals surface area contributed by atoms with E-state index in [9.17, 15) is 18.0 Å². The van der Waals surface area contributed by atoms with Crippen molar-refractivity contribution in [2.75, 3.05) is 18.4 Å². The second-order valence-electron chi connectivity index (χ2n) is 6.18. The molecule has 0 radical (unpaired) electrons. The Morgan fingerprint density at radius 2 is 1.65 bits per heavy atom. The third-order valence-electron chi connectivity index (χ3n) is 4.49. The number of para-hydroxylation sites is 1. The molecule has 1 aromatic carbocycles. The summed E-state index contributed by atoms with van der Waals surface area (Å²) >= 11 is 0. The van der Waals surface area contributed by atoms with Crippen molar-refractivity contribution in [2.45, 2.75) is 51.2 Å². The molecule has 0 aliphatic carbocycles. The maximum atomic E-state index is 13.0. The number of hydrogen-bond donors (Lipinski definition) is 2. The van der Waals surface area contributed by atoms with E-state index in [4.69, 9.17) is 0 Å². The Morgan fingerprint density at radius 3 is 2.26 bits per heavy atom. The number of quaternary nitrogens is 1. The lowest BCUT2D eigenvalue weighted by Gasteiger charge is -2.27. The van der Waals surface area contributed by atoms with Gasteiger partial charge in [-0.2, -0.15) is 13.2 Å². The first-order valence-electron chi connectivity index (χ1n) is 8.21. The lowest BCUT2D eigenvalue weighted by molar-refractivity contribution is -0.914. The number of rotatable bonds is 3. The summed E-state index contributed by atoms with van der Waals surface area (Å²) in [7, 11) is 0. The molecule has 6 heteroatoms. The van der Waals surface area contributed by atoms with Gasteiger partial charge in [-0.1, -0.05) is 18.6 Å². The smallest absolute Gasteiger partial charge is 0.325 e. The third kappa shape index (κ3) is 4.96. The Labute approximate surface area is 134 Å². The average Bonchev–Trinajstić information content (AvgIpc) is 2.45. The van der Waals surface area contributed by atoms with Crippen molar-refractivity contribution in [1.82, 2.24) is 0 Å². The molecule has 1 saturated heterocycles. The maximum Gasteiger partial charge on any atom is 0.418 e. The first-order valence-corrected chi connectivity index (χ1v) is 8.21. The maximum absolute atomic E-state index is 13.0. The SMILES string of the molecule is C[C@@H](C(=O)Nc1ccccc1C(F)(F)F)[NH+]1CCCCCCC1. The normalized spacial score (nSPS) is 18.8. The van der Waals surface area contributed by atoms with E-state index in [-0.39, 0.29) is 17.6 Å². The molecule has 1 heterocycles. The van der Waals surface area contributed by atoms with E-state index < -0.39 is 11.7 Å². The number of alkyl halides is 3. The molecule has 1 aromatic rings. The van der Waals surface area contributed by atoms with Gasteiger partial charge in [0.05, 0.1) is 24.3 Å². The number of carbonyl (C=O) groups excluding carboxylic acids is 1. The van der Waals surface area contributed by atoms with Crippen LogP contribution in [0.25, 0.3) is 0 Å². The fraction of sp³-hybridized carbons (Fsp3) is 0.588. The van der Waals surface area contributed by atoms with Gasteiger partial charge in [0.2, 0.25) is 0 Å². The fourth-order valence-electron chi connectivity index (χ4n) is 3.06. The van der Waals surface area contributed by atoms with E-state index in [1.54, 1.807) is 6.92 Å². The Morgan fingerprint density at radius 1 is 1.09 bits per heavy atom. The van der Waals surface area contributed by atoms with Crippen molar-refractivity contribution in [3.8, 4) is 0 Å². The number of likely N-dealkylation sites (tertiary alicyclic amines) is 1. The zero-order valence-corrected chi connectivity index (χ0v) is 13.4. The van der Waals surface area contributed by atoms with E-state index >= 15 is 0 Å². The van der Waals surface area contributed by atoms with Gasteiger partial charge in [0.15, 0.2) is 6.04 Å². The third-order valence-corrected chi connectivity index (χ3v) is 4.49. The number of anilines is 1. The minimum Gasteiger partial charge on any atom is -0.325 e. The van der Waals surface area contributed by atoms with Crippen molar-refractivity contribution in [3.63, 3.8) is 0 Å². The molecule has 23 heavy (non-hydrogen) atoms. The van der Waals surface area contributed by atoms with Crippen LogP contribution in [0.1, 0.15) is 44.6 Å². The zero-order chi connectivity index (χ0) is 16.9. The molecular formula is C17H24F3N2O+. The highest BCUT2D eigenvalue weighted by Gasteiger charge is 2.34. The van der Waals surface area contributed by atoms with Crippen molar-refractivity contribution in [1.29, 1.82) is 0 Å². The molecule has 3 nitrogen and oxygen atoms in total. The van der Waals surface area contributed by atoms with E-state index in [0.29, 0.717) is 0 Å². The van der Waals surface area contributed by atoms with Gasteiger partial charge in [0, 0.05) is 0 Å². The molecule has 1 aliphatic heterocycles. The molecule has 0 saturated carbocycles. The molecule has 0 aromatic heterocycles. The highest BCUT2D eigenvalue weighted by Crippen LogP contribution is 2.34. The van der Waals surface area contributed by atoms with E-state index in [0.717, 1.165) is 49.7 Å². The van der Waals surface area contributed by atoms with Gasteiger partial charge in [-0.05, 0) is 44.7 Å². The summed E-state index contributed by atoms with van der Waals surface area (Å²) in [6, 6.07) is 4.76. The summed E-state index contributed by atoms with van der Waals surface area (Å²) < 4.78 is 39.0. The Hall–Kier alpha value is -1.56. The fourth-order valence-corrected chi connectivity index (χ4v) is 3.06. The minimum atomic E-state index is -4.47. The highest BCUT2D eigenvalue weighted by molar-refractivity contribution is 5.94. The molecule has 2 rings (SSSR count). The number of benzene rings is 1. The lowest BCUT2D eigenvalue weighted by atomic mass is 10.1. The summed E-state index contributed by atoms with van der Waals surface area (Å²) in [6.45, 7) is 3.59. The van der Waals surface area contributed by atoms with Gasteiger partial charge in [-0.15, -0.1) is 0 Å². The summed E-state index contributed by atoms with van der Waals surface area (Å²) in [5.74, 6) is -0.350. The molecule has 1 aliphatic rings. The highest BCUT2D eigenvalue weighted by atomic mass is 19.4. The monoisotopic (exact) mass is 329 g/mol. The second kappa shape index (κ2) is 7.81. The Balaban J connectivity index is 2.06. The molecule has 0 bridgehead atoms. The number of amides is 1. The van der Waals surface area contributed by atoms with Crippen LogP contribution in [-0.2, 0) is 11.0 Å². The van der Waals surface area contributed by atoms with Crippen LogP contribution in [0, 0.1) is 0 Å². The molecule has 2 N–H and O–H groups in total. The topological polar surface area (TPSA) is 33.5 Å². The second-order valence-corrected chi connectivity index (χ2v) is 6.18. The van der Waals surface area contributed by atoms with Gasteiger partial charge < -0.3 is 10.2 Å². The van der Waals surface area contributed by atoms with Gasteiger partial charge in [-0.25, -0.2) is 0 Å². The van der Waals surface area contributed by atoms with Crippen molar-refractivity contribution >= 4 is 11.6 Å². The largest absolute Gasteiger partial charge is 0.418 e. The standard InChI is InChI=1S/C17H23F3N2O/c1-13(22-11-7-3-2-4-8-12-22)16(23)21-15-10-6-5-9-14(15)17(18,19)20/h5-6,9-10,13H,2-4,7-8,11-12H2,1H3,(H,21,23)/p+1/t13-/m0/s1. The van der Waals surface area contributed by atoms with Gasteiger partial charge >= 0.3 is 6.18 Å². The first kappa shape index (κ1) is 17.8. The molecule has 1 fully saturated rings. The summed E-state index contributed by atoms with van der Waals surface area (Å²) in [6.07, 6.45) is 1.20. The molecule has 0 spiro atoms. The minimum absolute atomic E-state index is 0.164. The van der Waals surface area contributed by atoms with E-state index in [1.165, 1.54) is 24.6 Å². The van der Waals surface area contributed by atoms with E-state index in [2.05, 4.69) is 5.32 Å².